The van der Waals surface area contributed by atoms with Crippen LogP contribution in [-0.2, 0) is 4.79 Å². The monoisotopic (exact) mass is 185 g/mol. The SMILES string of the molecule is CN(C)CCN1NCCCCC1=O. The predicted molar refractivity (Wildman–Crippen MR) is 52.1 cm³/mol. The van der Waals surface area contributed by atoms with Gasteiger partial charge in [-0.2, -0.15) is 0 Å². The van der Waals surface area contributed by atoms with Crippen LogP contribution in [0.1, 0.15) is 19.3 Å². The molecule has 1 N–H and O–H groups in total. The Balaban J connectivity index is 2.32. The zero-order valence-electron chi connectivity index (χ0n) is 8.55. The molecule has 0 unspecified atom stereocenters. The Morgan fingerprint density at radius 3 is 2.92 bits per heavy atom. The number of nitrogens with one attached hydrogen (secondary N) is 1. The Morgan fingerprint density at radius 1 is 1.46 bits per heavy atom. The highest BCUT2D eigenvalue weighted by Gasteiger charge is 2.15. The summed E-state index contributed by atoms with van der Waals surface area (Å²) in [5, 5.41) is 1.76. The number of nitrogens with zero attached hydrogens (tertiary/aromatic N) is 2. The minimum Gasteiger partial charge on any atom is -0.308 e. The van der Waals surface area contributed by atoms with Crippen LogP contribution in [0.25, 0.3) is 0 Å². The zero-order chi connectivity index (χ0) is 9.68. The lowest BCUT2D eigenvalue weighted by molar-refractivity contribution is -0.133. The number of hydrogen-bond acceptors (Lipinski definition) is 3. The summed E-state index contributed by atoms with van der Waals surface area (Å²) in [6, 6.07) is 0. The molecule has 1 fully saturated rings. The first-order valence-electron chi connectivity index (χ1n) is 4.89. The van der Waals surface area contributed by atoms with E-state index in [9.17, 15) is 4.79 Å². The van der Waals surface area contributed by atoms with E-state index < -0.39 is 0 Å². The van der Waals surface area contributed by atoms with Gasteiger partial charge in [0, 0.05) is 26.1 Å². The molecule has 0 bridgehead atoms. The van der Waals surface area contributed by atoms with Gasteiger partial charge < -0.3 is 4.90 Å². The van der Waals surface area contributed by atoms with Gasteiger partial charge in [-0.3, -0.25) is 9.80 Å². The summed E-state index contributed by atoms with van der Waals surface area (Å²) < 4.78 is 0. The minimum absolute atomic E-state index is 0.236. The summed E-state index contributed by atoms with van der Waals surface area (Å²) in [5.41, 5.74) is 3.14. The van der Waals surface area contributed by atoms with Gasteiger partial charge in [0.25, 0.3) is 0 Å². The van der Waals surface area contributed by atoms with Crippen LogP contribution in [0.5, 0.6) is 0 Å². The first-order valence-corrected chi connectivity index (χ1v) is 4.89. The van der Waals surface area contributed by atoms with E-state index in [1.807, 2.05) is 14.1 Å². The lowest BCUT2D eigenvalue weighted by Gasteiger charge is -2.22. The maximum absolute atomic E-state index is 11.5. The third-order valence-electron chi connectivity index (χ3n) is 2.19. The molecule has 0 radical (unpaired) electrons. The van der Waals surface area contributed by atoms with Crippen molar-refractivity contribution in [1.82, 2.24) is 15.3 Å². The largest absolute Gasteiger partial charge is 0.308 e. The summed E-state index contributed by atoms with van der Waals surface area (Å²) in [5.74, 6) is 0.236. The van der Waals surface area contributed by atoms with Crippen molar-refractivity contribution >= 4 is 5.91 Å². The van der Waals surface area contributed by atoms with Gasteiger partial charge in [0.05, 0.1) is 0 Å². The fraction of sp³-hybridized carbons (Fsp3) is 0.889. The van der Waals surface area contributed by atoms with E-state index in [-0.39, 0.29) is 5.91 Å². The number of hydrazine groups is 1. The Morgan fingerprint density at radius 2 is 2.23 bits per heavy atom. The van der Waals surface area contributed by atoms with E-state index in [4.69, 9.17) is 0 Å². The molecule has 76 valence electrons. The van der Waals surface area contributed by atoms with Crippen LogP contribution in [0, 0.1) is 0 Å². The summed E-state index contributed by atoms with van der Waals surface area (Å²) >= 11 is 0. The van der Waals surface area contributed by atoms with Gasteiger partial charge in [-0.05, 0) is 26.9 Å². The molecule has 1 amide bonds. The van der Waals surface area contributed by atoms with Crippen molar-refractivity contribution in [2.45, 2.75) is 19.3 Å². The van der Waals surface area contributed by atoms with Crippen LogP contribution in [0.2, 0.25) is 0 Å². The molecule has 1 heterocycles. The van der Waals surface area contributed by atoms with Crippen molar-refractivity contribution in [2.75, 3.05) is 33.7 Å². The Kier molecular flexibility index (Phi) is 4.18. The normalized spacial score (nSPS) is 19.3. The Bertz CT molecular complexity index is 170. The highest BCUT2D eigenvalue weighted by atomic mass is 16.2. The van der Waals surface area contributed by atoms with Crippen LogP contribution in [0.3, 0.4) is 0 Å². The summed E-state index contributed by atoms with van der Waals surface area (Å²) in [6.07, 6.45) is 2.81. The van der Waals surface area contributed by atoms with Crippen molar-refractivity contribution in [2.24, 2.45) is 0 Å². The second-order valence-electron chi connectivity index (χ2n) is 3.71. The quantitative estimate of drug-likeness (QED) is 0.675. The van der Waals surface area contributed by atoms with Crippen molar-refractivity contribution in [3.63, 3.8) is 0 Å². The molecule has 13 heavy (non-hydrogen) atoms. The highest BCUT2D eigenvalue weighted by Crippen LogP contribution is 2.03. The molecular weight excluding hydrogens is 166 g/mol. The van der Waals surface area contributed by atoms with Gasteiger partial charge in [-0.25, -0.2) is 5.43 Å². The second kappa shape index (κ2) is 5.19. The number of hydrogen-bond donors (Lipinski definition) is 1. The van der Waals surface area contributed by atoms with Gasteiger partial charge in [0.15, 0.2) is 0 Å². The maximum atomic E-state index is 11.5. The van der Waals surface area contributed by atoms with Crippen LogP contribution >= 0.6 is 0 Å². The van der Waals surface area contributed by atoms with Gasteiger partial charge in [0.1, 0.15) is 0 Å². The molecule has 1 saturated heterocycles. The van der Waals surface area contributed by atoms with Crippen molar-refractivity contribution in [3.8, 4) is 0 Å². The Labute approximate surface area is 79.9 Å². The average molecular weight is 185 g/mol. The number of rotatable bonds is 3. The average Bonchev–Trinajstić information content (AvgIpc) is 2.27. The molecule has 0 aromatic rings. The number of carbonyl (C=O) groups excluding carboxylic acids is 1. The second-order valence-corrected chi connectivity index (χ2v) is 3.71. The number of carbonyl (C=O) groups is 1. The van der Waals surface area contributed by atoms with Gasteiger partial charge in [-0.15, -0.1) is 0 Å². The molecule has 4 nitrogen and oxygen atoms in total. The summed E-state index contributed by atoms with van der Waals surface area (Å²) in [6.45, 7) is 2.63. The van der Waals surface area contributed by atoms with E-state index in [2.05, 4.69) is 10.3 Å². The molecule has 4 heteroatoms. The van der Waals surface area contributed by atoms with Crippen LogP contribution < -0.4 is 5.43 Å². The molecule has 1 rings (SSSR count). The van der Waals surface area contributed by atoms with E-state index in [0.717, 1.165) is 32.5 Å². The predicted octanol–water partition coefficient (Wildman–Crippen LogP) is 0.0651. The van der Waals surface area contributed by atoms with Gasteiger partial charge >= 0.3 is 0 Å². The Hall–Kier alpha value is -0.610. The fourth-order valence-electron chi connectivity index (χ4n) is 1.34. The number of likely N-dealkylation sites (N-methyl/N-ethyl adjacent to an activating group) is 1. The van der Waals surface area contributed by atoms with Crippen LogP contribution in [0.4, 0.5) is 0 Å². The van der Waals surface area contributed by atoms with Gasteiger partial charge in [-0.1, -0.05) is 0 Å². The molecule has 0 saturated carbocycles. The fourth-order valence-corrected chi connectivity index (χ4v) is 1.34. The molecular formula is C9H19N3O. The summed E-state index contributed by atoms with van der Waals surface area (Å²) in [4.78, 5) is 13.6. The lowest BCUT2D eigenvalue weighted by atomic mass is 10.2. The highest BCUT2D eigenvalue weighted by molar-refractivity contribution is 5.75. The molecule has 0 aromatic heterocycles. The van der Waals surface area contributed by atoms with E-state index in [1.165, 1.54) is 0 Å². The van der Waals surface area contributed by atoms with E-state index >= 15 is 0 Å². The first kappa shape index (κ1) is 10.5. The number of amides is 1. The molecule has 0 aliphatic carbocycles. The third kappa shape index (κ3) is 3.74. The van der Waals surface area contributed by atoms with Crippen LogP contribution in [0.15, 0.2) is 0 Å². The standard InChI is InChI=1S/C9H19N3O/c1-11(2)7-8-12-9(13)5-3-4-6-10-12/h10H,3-8H2,1-2H3. The summed E-state index contributed by atoms with van der Waals surface area (Å²) in [7, 11) is 4.03. The van der Waals surface area contributed by atoms with Crippen molar-refractivity contribution < 1.29 is 4.79 Å². The molecule has 0 aromatic carbocycles. The molecule has 1 aliphatic heterocycles. The van der Waals surface area contributed by atoms with E-state index in [0.29, 0.717) is 6.42 Å². The van der Waals surface area contributed by atoms with Gasteiger partial charge in [0.2, 0.25) is 5.91 Å². The smallest absolute Gasteiger partial charge is 0.236 e. The van der Waals surface area contributed by atoms with Crippen molar-refractivity contribution in [3.05, 3.63) is 0 Å². The maximum Gasteiger partial charge on any atom is 0.236 e. The topological polar surface area (TPSA) is 35.6 Å². The first-order chi connectivity index (χ1) is 6.20. The van der Waals surface area contributed by atoms with E-state index in [1.54, 1.807) is 5.01 Å². The zero-order valence-corrected chi connectivity index (χ0v) is 8.55. The van der Waals surface area contributed by atoms with Crippen LogP contribution in [-0.4, -0.2) is 49.5 Å². The molecule has 0 atom stereocenters. The lowest BCUT2D eigenvalue weighted by Crippen LogP contribution is -2.44. The third-order valence-corrected chi connectivity index (χ3v) is 2.19. The molecule has 0 spiro atoms. The molecule has 1 aliphatic rings. The minimum atomic E-state index is 0.236. The van der Waals surface area contributed by atoms with Crippen molar-refractivity contribution in [1.29, 1.82) is 0 Å².